The molecule has 0 heterocycles. The summed E-state index contributed by atoms with van der Waals surface area (Å²) < 4.78 is 16.8. The van der Waals surface area contributed by atoms with Gasteiger partial charge in [0.1, 0.15) is 11.5 Å². The van der Waals surface area contributed by atoms with Crippen LogP contribution in [0.2, 0.25) is 0 Å². The van der Waals surface area contributed by atoms with Crippen LogP contribution in [0.4, 0.5) is 0 Å². The topological polar surface area (TPSA) is 61.8 Å². The summed E-state index contributed by atoms with van der Waals surface area (Å²) in [6, 6.07) is 17.7. The van der Waals surface area contributed by atoms with Gasteiger partial charge in [0.25, 0.3) is 0 Å². The second-order valence-corrected chi connectivity index (χ2v) is 9.23. The van der Waals surface area contributed by atoms with Crippen LogP contribution in [0.25, 0.3) is 10.8 Å². The Bertz CT molecular complexity index is 1120. The van der Waals surface area contributed by atoms with E-state index in [1.165, 1.54) is 38.5 Å². The summed E-state index contributed by atoms with van der Waals surface area (Å²) in [4.78, 5) is 24.9. The Balaban J connectivity index is 1.50. The van der Waals surface area contributed by atoms with Crippen molar-refractivity contribution in [1.29, 1.82) is 0 Å². The van der Waals surface area contributed by atoms with Crippen molar-refractivity contribution in [2.45, 2.75) is 78.2 Å². The molecule has 0 amide bonds. The molecule has 3 aromatic rings. The molecular formula is C31H38O5. The largest absolute Gasteiger partial charge is 0.494 e. The third-order valence-corrected chi connectivity index (χ3v) is 6.25. The molecule has 0 fully saturated rings. The first kappa shape index (κ1) is 27.3. The first-order chi connectivity index (χ1) is 17.5. The van der Waals surface area contributed by atoms with E-state index in [4.69, 9.17) is 14.2 Å². The number of rotatable bonds is 14. The second kappa shape index (κ2) is 14.3. The number of hydrogen-bond donors (Lipinski definition) is 0. The fourth-order valence-electron chi connectivity index (χ4n) is 3.85. The summed E-state index contributed by atoms with van der Waals surface area (Å²) in [6.45, 7) is 6.76. The van der Waals surface area contributed by atoms with E-state index in [0.29, 0.717) is 23.5 Å². The van der Waals surface area contributed by atoms with Crippen molar-refractivity contribution in [3.63, 3.8) is 0 Å². The third kappa shape index (κ3) is 8.40. The number of hydrogen-bond acceptors (Lipinski definition) is 5. The normalized spacial score (nSPS) is 11.8. The van der Waals surface area contributed by atoms with Gasteiger partial charge in [0, 0.05) is 0 Å². The molecule has 192 valence electrons. The quantitative estimate of drug-likeness (QED) is 0.130. The predicted molar refractivity (Wildman–Crippen MR) is 144 cm³/mol. The molecule has 0 aliphatic carbocycles. The van der Waals surface area contributed by atoms with Crippen LogP contribution in [0.15, 0.2) is 60.7 Å². The van der Waals surface area contributed by atoms with Crippen LogP contribution in [-0.4, -0.2) is 24.6 Å². The fraction of sp³-hybridized carbons (Fsp3) is 0.419. The number of fused-ring (bicyclic) bond motifs is 1. The molecule has 36 heavy (non-hydrogen) atoms. The van der Waals surface area contributed by atoms with E-state index in [-0.39, 0.29) is 12.1 Å². The van der Waals surface area contributed by atoms with Gasteiger partial charge in [-0.2, -0.15) is 0 Å². The number of carbonyl (C=O) groups excluding carboxylic acids is 2. The summed E-state index contributed by atoms with van der Waals surface area (Å²) in [6.07, 6.45) is 9.34. The summed E-state index contributed by atoms with van der Waals surface area (Å²) >= 11 is 0. The standard InChI is InChI=1S/C31H38O5/c1-4-6-7-8-9-10-11-20-34-28-17-14-24(15-18-28)30(32)36-29-19-16-25-21-27(13-12-26(25)22-29)31(33)35-23(3)5-2/h12-19,21-23H,4-11,20H2,1-3H3. The SMILES string of the molecule is CCCCCCCCCOc1ccc(C(=O)Oc2ccc3cc(C(=O)OC(C)CC)ccc3c2)cc1. The third-order valence-electron chi connectivity index (χ3n) is 6.25. The molecule has 0 N–H and O–H groups in total. The van der Waals surface area contributed by atoms with Gasteiger partial charge in [-0.15, -0.1) is 0 Å². The van der Waals surface area contributed by atoms with E-state index in [9.17, 15) is 9.59 Å². The Morgan fingerprint density at radius 3 is 2.03 bits per heavy atom. The lowest BCUT2D eigenvalue weighted by molar-refractivity contribution is 0.0334. The van der Waals surface area contributed by atoms with E-state index >= 15 is 0 Å². The summed E-state index contributed by atoms with van der Waals surface area (Å²) in [5, 5.41) is 1.74. The van der Waals surface area contributed by atoms with Crippen LogP contribution in [-0.2, 0) is 4.74 Å². The van der Waals surface area contributed by atoms with Gasteiger partial charge < -0.3 is 14.2 Å². The van der Waals surface area contributed by atoms with E-state index in [1.54, 1.807) is 48.5 Å². The molecule has 0 spiro atoms. The summed E-state index contributed by atoms with van der Waals surface area (Å²) in [7, 11) is 0. The molecular weight excluding hydrogens is 452 g/mol. The Hall–Kier alpha value is -3.34. The Kier molecular flexibility index (Phi) is 10.8. The first-order valence-corrected chi connectivity index (χ1v) is 13.2. The maximum atomic E-state index is 12.6. The highest BCUT2D eigenvalue weighted by atomic mass is 16.5. The molecule has 1 unspecified atom stereocenters. The molecule has 0 bridgehead atoms. The number of benzene rings is 3. The van der Waals surface area contributed by atoms with Crippen LogP contribution in [0.1, 0.15) is 92.9 Å². The van der Waals surface area contributed by atoms with E-state index in [0.717, 1.165) is 29.4 Å². The maximum absolute atomic E-state index is 12.6. The minimum absolute atomic E-state index is 0.124. The van der Waals surface area contributed by atoms with Gasteiger partial charge in [-0.3, -0.25) is 0 Å². The number of ether oxygens (including phenoxy) is 3. The monoisotopic (exact) mass is 490 g/mol. The van der Waals surface area contributed by atoms with Crippen LogP contribution in [0.3, 0.4) is 0 Å². The van der Waals surface area contributed by atoms with Gasteiger partial charge in [0.15, 0.2) is 0 Å². The van der Waals surface area contributed by atoms with Crippen LogP contribution in [0, 0.1) is 0 Å². The van der Waals surface area contributed by atoms with E-state index < -0.39 is 5.97 Å². The minimum Gasteiger partial charge on any atom is -0.494 e. The zero-order chi connectivity index (χ0) is 25.8. The van der Waals surface area contributed by atoms with Crippen molar-refractivity contribution in [2.24, 2.45) is 0 Å². The van der Waals surface area contributed by atoms with Crippen molar-refractivity contribution in [1.82, 2.24) is 0 Å². The van der Waals surface area contributed by atoms with Gasteiger partial charge in [-0.25, -0.2) is 9.59 Å². The highest BCUT2D eigenvalue weighted by Crippen LogP contribution is 2.24. The summed E-state index contributed by atoms with van der Waals surface area (Å²) in [5.74, 6) is 0.436. The average molecular weight is 491 g/mol. The van der Waals surface area contributed by atoms with Gasteiger partial charge >= 0.3 is 11.9 Å². The highest BCUT2D eigenvalue weighted by molar-refractivity contribution is 5.96. The van der Waals surface area contributed by atoms with Crippen molar-refractivity contribution in [3.8, 4) is 11.5 Å². The molecule has 3 aromatic carbocycles. The van der Waals surface area contributed by atoms with Crippen molar-refractivity contribution >= 4 is 22.7 Å². The average Bonchev–Trinajstić information content (AvgIpc) is 2.90. The number of esters is 2. The van der Waals surface area contributed by atoms with Crippen LogP contribution in [0.5, 0.6) is 11.5 Å². The van der Waals surface area contributed by atoms with Gasteiger partial charge in [0.05, 0.1) is 23.8 Å². The fourth-order valence-corrected chi connectivity index (χ4v) is 3.85. The Morgan fingerprint density at radius 2 is 1.31 bits per heavy atom. The van der Waals surface area contributed by atoms with Gasteiger partial charge in [0.2, 0.25) is 0 Å². The van der Waals surface area contributed by atoms with Crippen molar-refractivity contribution in [2.75, 3.05) is 6.61 Å². The molecule has 1 atom stereocenters. The molecule has 0 saturated carbocycles. The molecule has 0 aliphatic rings. The lowest BCUT2D eigenvalue weighted by Crippen LogP contribution is -2.13. The second-order valence-electron chi connectivity index (χ2n) is 9.23. The molecule has 5 nitrogen and oxygen atoms in total. The molecule has 0 aliphatic heterocycles. The molecule has 0 aromatic heterocycles. The zero-order valence-electron chi connectivity index (χ0n) is 21.8. The molecule has 5 heteroatoms. The zero-order valence-corrected chi connectivity index (χ0v) is 21.8. The van der Waals surface area contributed by atoms with Crippen molar-refractivity contribution in [3.05, 3.63) is 71.8 Å². The first-order valence-electron chi connectivity index (χ1n) is 13.2. The molecule has 0 radical (unpaired) electrons. The Morgan fingerprint density at radius 1 is 0.694 bits per heavy atom. The van der Waals surface area contributed by atoms with Gasteiger partial charge in [-0.05, 0) is 79.1 Å². The minimum atomic E-state index is -0.429. The number of carbonyl (C=O) groups is 2. The highest BCUT2D eigenvalue weighted by Gasteiger charge is 2.13. The lowest BCUT2D eigenvalue weighted by Gasteiger charge is -2.11. The van der Waals surface area contributed by atoms with Gasteiger partial charge in [-0.1, -0.05) is 64.5 Å². The molecule has 0 saturated heterocycles. The smallest absolute Gasteiger partial charge is 0.343 e. The molecule has 3 rings (SSSR count). The summed E-state index contributed by atoms with van der Waals surface area (Å²) in [5.41, 5.74) is 0.961. The van der Waals surface area contributed by atoms with E-state index in [2.05, 4.69) is 6.92 Å². The van der Waals surface area contributed by atoms with Crippen LogP contribution < -0.4 is 9.47 Å². The van der Waals surface area contributed by atoms with Crippen molar-refractivity contribution < 1.29 is 23.8 Å². The maximum Gasteiger partial charge on any atom is 0.343 e. The predicted octanol–water partition coefficient (Wildman–Crippen LogP) is 8.14. The van der Waals surface area contributed by atoms with E-state index in [1.807, 2.05) is 26.0 Å². The number of unbranched alkanes of at least 4 members (excludes halogenated alkanes) is 6. The Labute approximate surface area is 214 Å². The lowest BCUT2D eigenvalue weighted by atomic mass is 10.1. The van der Waals surface area contributed by atoms with Crippen LogP contribution >= 0.6 is 0 Å².